The van der Waals surface area contributed by atoms with Gasteiger partial charge in [0.2, 0.25) is 25.9 Å². The predicted molar refractivity (Wildman–Crippen MR) is 181 cm³/mol. The normalized spacial score (nSPS) is 12.3. The zero-order chi connectivity index (χ0) is 35.1. The van der Waals surface area contributed by atoms with Crippen molar-refractivity contribution in [1.29, 1.82) is 0 Å². The fraction of sp³-hybridized carbons (Fsp3) is 0.281. The number of hydrogen-bond donors (Lipinski definition) is 1. The van der Waals surface area contributed by atoms with Crippen LogP contribution in [0.5, 0.6) is 17.4 Å². The van der Waals surface area contributed by atoms with Crippen LogP contribution in [0.15, 0.2) is 54.9 Å². The van der Waals surface area contributed by atoms with Gasteiger partial charge in [-0.15, -0.1) is 0 Å². The Morgan fingerprint density at radius 2 is 1.65 bits per heavy atom. The summed E-state index contributed by atoms with van der Waals surface area (Å²) in [6, 6.07) is 10.6. The van der Waals surface area contributed by atoms with Crippen molar-refractivity contribution in [3.63, 3.8) is 0 Å². The molecule has 2 aromatic heterocycles. The number of fused-ring (bicyclic) bond motifs is 2. The highest BCUT2D eigenvalue weighted by Crippen LogP contribution is 2.47. The molecule has 0 spiro atoms. The minimum atomic E-state index is -3.90. The lowest BCUT2D eigenvalue weighted by Gasteiger charge is -2.22. The van der Waals surface area contributed by atoms with E-state index in [-0.39, 0.29) is 70.3 Å². The SMILES string of the molecule is COc1ccc(COc2c3ncc(Cc4cc(Cl)c(F)cc4F)cc3c(N(C)S(C)(=O)=O)c3cn(CCN(C)S(C)(=O)=O)c(O)c23)cc1. The molecule has 256 valence electrons. The average Bonchev–Trinajstić information content (AvgIpc) is 3.34. The van der Waals surface area contributed by atoms with Gasteiger partial charge in [-0.3, -0.25) is 9.29 Å². The minimum Gasteiger partial charge on any atom is -0.497 e. The van der Waals surface area contributed by atoms with E-state index in [4.69, 9.17) is 21.1 Å². The maximum Gasteiger partial charge on any atom is 0.232 e. The molecule has 0 fully saturated rings. The van der Waals surface area contributed by atoms with E-state index in [1.54, 1.807) is 37.4 Å². The summed E-state index contributed by atoms with van der Waals surface area (Å²) in [7, 11) is -3.13. The fourth-order valence-corrected chi connectivity index (χ4v) is 6.33. The van der Waals surface area contributed by atoms with Gasteiger partial charge in [-0.05, 0) is 41.0 Å². The summed E-state index contributed by atoms with van der Waals surface area (Å²) in [6.07, 6.45) is 4.99. The number of pyridine rings is 1. The second-order valence-electron chi connectivity index (χ2n) is 11.3. The number of aromatic nitrogens is 2. The van der Waals surface area contributed by atoms with Crippen LogP contribution >= 0.6 is 11.6 Å². The molecule has 0 aliphatic rings. The number of aromatic hydroxyl groups is 1. The number of likely N-dealkylation sites (N-methyl/N-ethyl adjacent to an activating group) is 1. The minimum absolute atomic E-state index is 0.000378. The van der Waals surface area contributed by atoms with Crippen molar-refractivity contribution in [2.75, 3.05) is 44.6 Å². The van der Waals surface area contributed by atoms with Crippen LogP contribution in [0.1, 0.15) is 16.7 Å². The zero-order valence-corrected chi connectivity index (χ0v) is 29.0. The first-order valence-corrected chi connectivity index (χ1v) is 18.5. The third-order valence-electron chi connectivity index (χ3n) is 8.01. The van der Waals surface area contributed by atoms with Crippen LogP contribution in [0.4, 0.5) is 14.5 Å². The molecule has 0 radical (unpaired) electrons. The lowest BCUT2D eigenvalue weighted by molar-refractivity contribution is 0.311. The number of benzene rings is 3. The summed E-state index contributed by atoms with van der Waals surface area (Å²) >= 11 is 5.92. The number of nitrogens with zero attached hydrogens (tertiary/aromatic N) is 4. The standard InChI is InChI=1S/C32H33ClF2N4O7S2/c1-37(47(4,41)42)10-11-39-17-24-28(32(39)40)31(46-18-19-6-8-22(45-3)9-7-19)29-23(30(24)38(2)48(5,43)44)13-20(16-36-29)12-21-14-25(33)27(35)15-26(21)34/h6-9,13-17,40H,10-12,18H2,1-5H3. The Kier molecular flexibility index (Phi) is 9.79. The second-order valence-corrected chi connectivity index (χ2v) is 15.8. The third-order valence-corrected chi connectivity index (χ3v) is 10.8. The molecular weight excluding hydrogens is 690 g/mol. The van der Waals surface area contributed by atoms with Gasteiger partial charge < -0.3 is 19.1 Å². The van der Waals surface area contributed by atoms with Crippen molar-refractivity contribution in [1.82, 2.24) is 13.9 Å². The highest BCUT2D eigenvalue weighted by atomic mass is 35.5. The number of methoxy groups -OCH3 is 1. The molecule has 0 bridgehead atoms. The van der Waals surface area contributed by atoms with Gasteiger partial charge in [0.15, 0.2) is 5.75 Å². The molecule has 5 aromatic rings. The van der Waals surface area contributed by atoms with Gasteiger partial charge in [0, 0.05) is 62.8 Å². The maximum absolute atomic E-state index is 14.7. The zero-order valence-electron chi connectivity index (χ0n) is 26.7. The van der Waals surface area contributed by atoms with Gasteiger partial charge in [0.05, 0.1) is 35.7 Å². The van der Waals surface area contributed by atoms with Crippen LogP contribution in [0.3, 0.4) is 0 Å². The number of sulfonamides is 2. The molecular formula is C32H33ClF2N4O7S2. The van der Waals surface area contributed by atoms with Crippen LogP contribution in [0.25, 0.3) is 21.7 Å². The summed E-state index contributed by atoms with van der Waals surface area (Å²) in [4.78, 5) is 4.61. The first kappa shape index (κ1) is 35.1. The Hall–Kier alpha value is -4.18. The van der Waals surface area contributed by atoms with Gasteiger partial charge in [0.1, 0.15) is 29.5 Å². The lowest BCUT2D eigenvalue weighted by Crippen LogP contribution is -2.28. The van der Waals surface area contributed by atoms with Crippen LogP contribution in [-0.2, 0) is 39.6 Å². The Morgan fingerprint density at radius 1 is 0.958 bits per heavy atom. The Bertz CT molecular complexity index is 2250. The predicted octanol–water partition coefficient (Wildman–Crippen LogP) is 5.29. The topological polar surface area (TPSA) is 131 Å². The molecule has 0 unspecified atom stereocenters. The van der Waals surface area contributed by atoms with Crippen LogP contribution in [0, 0.1) is 11.6 Å². The van der Waals surface area contributed by atoms with Gasteiger partial charge in [-0.2, -0.15) is 0 Å². The van der Waals surface area contributed by atoms with E-state index in [0.29, 0.717) is 22.8 Å². The van der Waals surface area contributed by atoms with E-state index in [2.05, 4.69) is 4.98 Å². The summed E-state index contributed by atoms with van der Waals surface area (Å²) in [5.74, 6) is -1.24. The van der Waals surface area contributed by atoms with E-state index >= 15 is 0 Å². The molecule has 1 N–H and O–H groups in total. The third kappa shape index (κ3) is 7.14. The van der Waals surface area contributed by atoms with Crippen molar-refractivity contribution < 1.29 is 40.2 Å². The molecule has 2 heterocycles. The van der Waals surface area contributed by atoms with Gasteiger partial charge >= 0.3 is 0 Å². The molecule has 0 saturated carbocycles. The number of ether oxygens (including phenoxy) is 2. The molecule has 48 heavy (non-hydrogen) atoms. The van der Waals surface area contributed by atoms with Crippen molar-refractivity contribution in [2.45, 2.75) is 19.6 Å². The molecule has 0 amide bonds. The van der Waals surface area contributed by atoms with Crippen molar-refractivity contribution in [3.8, 4) is 17.4 Å². The Labute approximate surface area is 282 Å². The van der Waals surface area contributed by atoms with Gasteiger partial charge in [0.25, 0.3) is 0 Å². The fourth-order valence-electron chi connectivity index (χ4n) is 5.21. The Morgan fingerprint density at radius 3 is 2.27 bits per heavy atom. The molecule has 16 heteroatoms. The number of halogens is 3. The molecule has 0 aliphatic carbocycles. The monoisotopic (exact) mass is 722 g/mol. The summed E-state index contributed by atoms with van der Waals surface area (Å²) in [5, 5.41) is 12.0. The van der Waals surface area contributed by atoms with E-state index in [0.717, 1.165) is 26.7 Å². The average molecular weight is 723 g/mol. The lowest BCUT2D eigenvalue weighted by atomic mass is 10.0. The van der Waals surface area contributed by atoms with Crippen molar-refractivity contribution in [2.24, 2.45) is 0 Å². The van der Waals surface area contributed by atoms with Crippen LogP contribution < -0.4 is 13.8 Å². The molecule has 3 aromatic carbocycles. The summed E-state index contributed by atoms with van der Waals surface area (Å²) < 4.78 is 93.8. The largest absolute Gasteiger partial charge is 0.497 e. The molecule has 0 atom stereocenters. The number of rotatable bonds is 12. The van der Waals surface area contributed by atoms with E-state index < -0.39 is 31.7 Å². The van der Waals surface area contributed by atoms with Gasteiger partial charge in [-0.25, -0.2) is 29.9 Å². The maximum atomic E-state index is 14.7. The highest BCUT2D eigenvalue weighted by Gasteiger charge is 2.28. The molecule has 0 saturated heterocycles. The van der Waals surface area contributed by atoms with E-state index in [9.17, 15) is 30.7 Å². The smallest absolute Gasteiger partial charge is 0.232 e. The molecule has 11 nitrogen and oxygen atoms in total. The second kappa shape index (κ2) is 13.4. The van der Waals surface area contributed by atoms with Crippen LogP contribution in [-0.4, -0.2) is 76.1 Å². The van der Waals surface area contributed by atoms with Crippen LogP contribution in [0.2, 0.25) is 5.02 Å². The quantitative estimate of drug-likeness (QED) is 0.172. The first-order chi connectivity index (χ1) is 22.5. The molecule has 5 rings (SSSR count). The first-order valence-electron chi connectivity index (χ1n) is 14.4. The van der Waals surface area contributed by atoms with E-state index in [1.807, 2.05) is 0 Å². The number of anilines is 1. The van der Waals surface area contributed by atoms with Crippen molar-refractivity contribution in [3.05, 3.63) is 88.2 Å². The van der Waals surface area contributed by atoms with Crippen molar-refractivity contribution >= 4 is 59.0 Å². The summed E-state index contributed by atoms with van der Waals surface area (Å²) in [6.45, 7) is 0.0453. The molecule has 0 aliphatic heterocycles. The summed E-state index contributed by atoms with van der Waals surface area (Å²) in [5.41, 5.74) is 1.65. The van der Waals surface area contributed by atoms with E-state index in [1.165, 1.54) is 37.1 Å². The highest BCUT2D eigenvalue weighted by molar-refractivity contribution is 7.92. The van der Waals surface area contributed by atoms with Gasteiger partial charge in [-0.1, -0.05) is 23.7 Å². The Balaban J connectivity index is 1.75. The number of hydrogen-bond acceptors (Lipinski definition) is 8.